The molecule has 0 saturated carbocycles. The van der Waals surface area contributed by atoms with Crippen molar-refractivity contribution in [3.8, 4) is 11.8 Å². The Morgan fingerprint density at radius 1 is 1.21 bits per heavy atom. The quantitative estimate of drug-likeness (QED) is 0.796. The molecule has 2 nitrogen and oxygen atoms in total. The highest BCUT2D eigenvalue weighted by atomic mass is 15.0. The van der Waals surface area contributed by atoms with Gasteiger partial charge in [-0.2, -0.15) is 0 Å². The number of fused-ring (bicyclic) bond motifs is 1. The van der Waals surface area contributed by atoms with Crippen LogP contribution in [0.4, 0.5) is 5.69 Å². The van der Waals surface area contributed by atoms with E-state index in [0.717, 1.165) is 29.7 Å². The van der Waals surface area contributed by atoms with Gasteiger partial charge < -0.3 is 10.6 Å². The van der Waals surface area contributed by atoms with Crippen LogP contribution in [0.2, 0.25) is 0 Å². The normalized spacial score (nSPS) is 18.7. The smallest absolute Gasteiger partial charge is 0.0846 e. The van der Waals surface area contributed by atoms with Crippen LogP contribution >= 0.6 is 0 Å². The van der Waals surface area contributed by atoms with Crippen LogP contribution < -0.4 is 10.6 Å². The van der Waals surface area contributed by atoms with Crippen LogP contribution in [0.3, 0.4) is 0 Å². The van der Waals surface area contributed by atoms with Crippen molar-refractivity contribution in [3.63, 3.8) is 0 Å². The van der Waals surface area contributed by atoms with E-state index < -0.39 is 0 Å². The van der Waals surface area contributed by atoms with E-state index in [-0.39, 0.29) is 6.04 Å². The summed E-state index contributed by atoms with van der Waals surface area (Å²) in [7, 11) is 1.92. The minimum atomic E-state index is 0.251. The molecule has 24 heavy (non-hydrogen) atoms. The van der Waals surface area contributed by atoms with Crippen LogP contribution in [0.15, 0.2) is 71.0 Å². The second-order valence-corrected chi connectivity index (χ2v) is 6.07. The molecule has 0 bridgehead atoms. The lowest BCUT2D eigenvalue weighted by Crippen LogP contribution is -2.39. The summed E-state index contributed by atoms with van der Waals surface area (Å²) < 4.78 is 0. The first-order valence-electron chi connectivity index (χ1n) is 8.60. The summed E-state index contributed by atoms with van der Waals surface area (Å²) in [6.45, 7) is 4.33. The molecule has 1 heterocycles. The van der Waals surface area contributed by atoms with Gasteiger partial charge in [0.05, 0.1) is 6.04 Å². The molecule has 0 fully saturated rings. The molecule has 0 radical (unpaired) electrons. The summed E-state index contributed by atoms with van der Waals surface area (Å²) in [6.07, 6.45) is 11.0. The van der Waals surface area contributed by atoms with Crippen molar-refractivity contribution in [1.29, 1.82) is 0 Å². The molecule has 1 aliphatic carbocycles. The molecule has 3 rings (SSSR count). The lowest BCUT2D eigenvalue weighted by atomic mass is 9.83. The maximum absolute atomic E-state index is 3.64. The lowest BCUT2D eigenvalue weighted by Gasteiger charge is -2.33. The molecular weight excluding hydrogens is 292 g/mol. The number of dihydropyridines is 1. The number of anilines is 1. The van der Waals surface area contributed by atoms with Gasteiger partial charge in [-0.25, -0.2) is 0 Å². The number of benzene rings is 1. The largest absolute Gasteiger partial charge is 0.388 e. The standard InChI is InChI=1S/C22H24N2/c1-4-6-17(5-2)21-14-11-19-15-18(22(19)24-21)10-7-16-8-12-20(23-3)13-9-16/h5,8-9,11-15,22-24H,4,6H2,1-3H3/b17-5+. The zero-order valence-electron chi connectivity index (χ0n) is 14.6. The third kappa shape index (κ3) is 3.31. The van der Waals surface area contributed by atoms with Gasteiger partial charge >= 0.3 is 0 Å². The summed E-state index contributed by atoms with van der Waals surface area (Å²) in [4.78, 5) is 0. The monoisotopic (exact) mass is 316 g/mol. The third-order valence-corrected chi connectivity index (χ3v) is 4.45. The second kappa shape index (κ2) is 7.27. The molecule has 0 amide bonds. The van der Waals surface area contributed by atoms with Gasteiger partial charge in [-0.05, 0) is 60.9 Å². The SMILES string of the molecule is C/C=C(\CCC)C1=CC=C2C=C(C#Cc3ccc(NC)cc3)C2N1. The molecule has 1 aliphatic heterocycles. The van der Waals surface area contributed by atoms with E-state index in [1.54, 1.807) is 0 Å². The van der Waals surface area contributed by atoms with Crippen molar-refractivity contribution >= 4 is 5.69 Å². The molecule has 2 aliphatic rings. The molecule has 2 heteroatoms. The molecule has 1 atom stereocenters. The van der Waals surface area contributed by atoms with Crippen LogP contribution in [0, 0.1) is 11.8 Å². The topological polar surface area (TPSA) is 24.1 Å². The minimum absolute atomic E-state index is 0.251. The summed E-state index contributed by atoms with van der Waals surface area (Å²) in [5, 5.41) is 6.76. The van der Waals surface area contributed by atoms with Crippen LogP contribution in [0.1, 0.15) is 32.3 Å². The van der Waals surface area contributed by atoms with Gasteiger partial charge in [0.25, 0.3) is 0 Å². The number of rotatable bonds is 4. The molecule has 1 aromatic rings. The van der Waals surface area contributed by atoms with Gasteiger partial charge in [0.1, 0.15) is 0 Å². The number of nitrogens with one attached hydrogen (secondary N) is 2. The zero-order chi connectivity index (χ0) is 16.9. The molecule has 0 spiro atoms. The Morgan fingerprint density at radius 3 is 2.67 bits per heavy atom. The highest BCUT2D eigenvalue weighted by Gasteiger charge is 2.28. The fraction of sp³-hybridized carbons (Fsp3) is 0.273. The highest BCUT2D eigenvalue weighted by Crippen LogP contribution is 2.31. The van der Waals surface area contributed by atoms with Crippen molar-refractivity contribution in [2.45, 2.75) is 32.7 Å². The van der Waals surface area contributed by atoms with E-state index in [1.807, 2.05) is 31.3 Å². The Bertz CT molecular complexity index is 793. The van der Waals surface area contributed by atoms with Crippen molar-refractivity contribution < 1.29 is 0 Å². The van der Waals surface area contributed by atoms with Gasteiger partial charge in [-0.3, -0.25) is 0 Å². The molecule has 1 aromatic carbocycles. The van der Waals surface area contributed by atoms with Gasteiger partial charge in [0.15, 0.2) is 0 Å². The Morgan fingerprint density at radius 2 is 2.00 bits per heavy atom. The Hall–Kier alpha value is -2.66. The van der Waals surface area contributed by atoms with Gasteiger partial charge in [-0.1, -0.05) is 37.3 Å². The molecule has 2 N–H and O–H groups in total. The maximum atomic E-state index is 3.64. The molecule has 122 valence electrons. The van der Waals surface area contributed by atoms with Gasteiger partial charge in [0.2, 0.25) is 0 Å². The first-order valence-corrected chi connectivity index (χ1v) is 8.60. The first-order chi connectivity index (χ1) is 11.7. The second-order valence-electron chi connectivity index (χ2n) is 6.07. The van der Waals surface area contributed by atoms with Crippen molar-refractivity contribution in [2.75, 3.05) is 12.4 Å². The number of hydrogen-bond acceptors (Lipinski definition) is 2. The van der Waals surface area contributed by atoms with E-state index >= 15 is 0 Å². The predicted molar refractivity (Wildman–Crippen MR) is 103 cm³/mol. The van der Waals surface area contributed by atoms with Crippen molar-refractivity contribution in [1.82, 2.24) is 5.32 Å². The fourth-order valence-corrected chi connectivity index (χ4v) is 2.99. The van der Waals surface area contributed by atoms with Gasteiger partial charge in [-0.15, -0.1) is 0 Å². The number of hydrogen-bond donors (Lipinski definition) is 2. The fourth-order valence-electron chi connectivity index (χ4n) is 2.99. The first kappa shape index (κ1) is 16.2. The van der Waals surface area contributed by atoms with Crippen molar-refractivity contribution in [2.24, 2.45) is 0 Å². The Balaban J connectivity index is 1.71. The van der Waals surface area contributed by atoms with Gasteiger partial charge in [0, 0.05) is 29.6 Å². The van der Waals surface area contributed by atoms with Crippen LogP contribution in [0.5, 0.6) is 0 Å². The summed E-state index contributed by atoms with van der Waals surface area (Å²) >= 11 is 0. The lowest BCUT2D eigenvalue weighted by molar-refractivity contribution is 0.694. The third-order valence-electron chi connectivity index (χ3n) is 4.45. The van der Waals surface area contributed by atoms with Crippen LogP contribution in [-0.4, -0.2) is 13.1 Å². The van der Waals surface area contributed by atoms with E-state index in [2.05, 4.69) is 60.6 Å². The predicted octanol–water partition coefficient (Wildman–Crippen LogP) is 4.55. The summed E-state index contributed by atoms with van der Waals surface area (Å²) in [6, 6.07) is 8.45. The maximum Gasteiger partial charge on any atom is 0.0846 e. The van der Waals surface area contributed by atoms with Crippen molar-refractivity contribution in [3.05, 3.63) is 76.5 Å². The molecular formula is C22H24N2. The van der Waals surface area contributed by atoms with E-state index in [1.165, 1.54) is 16.8 Å². The Kier molecular flexibility index (Phi) is 4.91. The molecule has 1 unspecified atom stereocenters. The Labute approximate surface area is 145 Å². The minimum Gasteiger partial charge on any atom is -0.388 e. The zero-order valence-corrected chi connectivity index (χ0v) is 14.6. The molecule has 0 aromatic heterocycles. The van der Waals surface area contributed by atoms with Crippen LogP contribution in [-0.2, 0) is 0 Å². The summed E-state index contributed by atoms with van der Waals surface area (Å²) in [5.74, 6) is 6.59. The van der Waals surface area contributed by atoms with E-state index in [9.17, 15) is 0 Å². The average Bonchev–Trinajstić information content (AvgIpc) is 2.61. The highest BCUT2D eigenvalue weighted by molar-refractivity contribution is 5.61. The van der Waals surface area contributed by atoms with E-state index in [0.29, 0.717) is 0 Å². The average molecular weight is 316 g/mol. The van der Waals surface area contributed by atoms with E-state index in [4.69, 9.17) is 0 Å². The summed E-state index contributed by atoms with van der Waals surface area (Å²) in [5.41, 5.74) is 7.25. The van der Waals surface area contributed by atoms with Crippen LogP contribution in [0.25, 0.3) is 0 Å². The molecule has 0 saturated heterocycles. The number of allylic oxidation sites excluding steroid dienone is 4.